The van der Waals surface area contributed by atoms with Crippen LogP contribution in [0.1, 0.15) is 27.6 Å². The van der Waals surface area contributed by atoms with Crippen molar-refractivity contribution in [2.24, 2.45) is 0 Å². The summed E-state index contributed by atoms with van der Waals surface area (Å²) in [6, 6.07) is 15.4. The van der Waals surface area contributed by atoms with E-state index in [0.717, 1.165) is 5.69 Å². The Labute approximate surface area is 167 Å². The van der Waals surface area contributed by atoms with E-state index in [1.165, 1.54) is 13.1 Å². The second-order valence-electron chi connectivity index (χ2n) is 5.99. The van der Waals surface area contributed by atoms with E-state index in [9.17, 15) is 9.59 Å². The topological polar surface area (TPSA) is 80.3 Å². The molecule has 7 heteroatoms. The lowest BCUT2D eigenvalue weighted by Crippen LogP contribution is -2.12. The molecule has 28 heavy (non-hydrogen) atoms. The standard InChI is InChI=1S/C21H18ClN3O3/c1-13(26)14-3-6-16(7-4-14)25-21(27)15-5-10-20(23-12-15)24-17-8-9-19(28-2)18(22)11-17/h3-12H,1-2H3,(H,23,24)(H,25,27). The fourth-order valence-corrected chi connectivity index (χ4v) is 2.74. The van der Waals surface area contributed by atoms with Crippen LogP contribution >= 0.6 is 11.6 Å². The maximum absolute atomic E-state index is 12.3. The third kappa shape index (κ3) is 4.66. The monoisotopic (exact) mass is 395 g/mol. The molecule has 0 aliphatic heterocycles. The third-order valence-corrected chi connectivity index (χ3v) is 4.29. The quantitative estimate of drug-likeness (QED) is 0.577. The van der Waals surface area contributed by atoms with Crippen molar-refractivity contribution in [3.63, 3.8) is 0 Å². The van der Waals surface area contributed by atoms with E-state index >= 15 is 0 Å². The molecule has 0 atom stereocenters. The molecule has 1 aromatic heterocycles. The number of carbonyl (C=O) groups is 2. The van der Waals surface area contributed by atoms with Crippen molar-refractivity contribution in [2.45, 2.75) is 6.92 Å². The van der Waals surface area contributed by atoms with Gasteiger partial charge in [0.15, 0.2) is 5.78 Å². The molecule has 0 fully saturated rings. The van der Waals surface area contributed by atoms with Crippen molar-refractivity contribution in [2.75, 3.05) is 17.7 Å². The van der Waals surface area contributed by atoms with Gasteiger partial charge in [0.1, 0.15) is 11.6 Å². The Balaban J connectivity index is 1.65. The van der Waals surface area contributed by atoms with Crippen LogP contribution < -0.4 is 15.4 Å². The van der Waals surface area contributed by atoms with Crippen molar-refractivity contribution in [3.8, 4) is 5.75 Å². The molecule has 0 aliphatic rings. The van der Waals surface area contributed by atoms with Crippen LogP contribution in [0.25, 0.3) is 0 Å². The van der Waals surface area contributed by atoms with E-state index in [2.05, 4.69) is 15.6 Å². The molecule has 0 aliphatic carbocycles. The van der Waals surface area contributed by atoms with Gasteiger partial charge in [0.25, 0.3) is 5.91 Å². The number of nitrogens with one attached hydrogen (secondary N) is 2. The van der Waals surface area contributed by atoms with Gasteiger partial charge in [-0.2, -0.15) is 0 Å². The number of pyridine rings is 1. The molecular weight excluding hydrogens is 378 g/mol. The number of carbonyl (C=O) groups excluding carboxylic acids is 2. The van der Waals surface area contributed by atoms with Gasteiger partial charge in [-0.3, -0.25) is 9.59 Å². The highest BCUT2D eigenvalue weighted by Gasteiger charge is 2.08. The molecule has 0 radical (unpaired) electrons. The highest BCUT2D eigenvalue weighted by atomic mass is 35.5. The molecule has 3 aromatic rings. The summed E-state index contributed by atoms with van der Waals surface area (Å²) in [6.45, 7) is 1.49. The van der Waals surface area contributed by atoms with Crippen LogP contribution in [0.3, 0.4) is 0 Å². The first-order valence-corrected chi connectivity index (χ1v) is 8.83. The number of anilines is 3. The fraction of sp³-hybridized carbons (Fsp3) is 0.0952. The Bertz CT molecular complexity index is 1000. The molecule has 2 N–H and O–H groups in total. The van der Waals surface area contributed by atoms with E-state index in [0.29, 0.717) is 33.4 Å². The average molecular weight is 396 g/mol. The van der Waals surface area contributed by atoms with Crippen molar-refractivity contribution >= 4 is 40.5 Å². The number of hydrogen-bond acceptors (Lipinski definition) is 5. The summed E-state index contributed by atoms with van der Waals surface area (Å²) >= 11 is 6.11. The molecule has 0 spiro atoms. The molecule has 2 aromatic carbocycles. The second kappa shape index (κ2) is 8.54. The Morgan fingerprint density at radius 1 is 0.964 bits per heavy atom. The Hall–Kier alpha value is -3.38. The zero-order chi connectivity index (χ0) is 20.1. The van der Waals surface area contributed by atoms with Crippen molar-refractivity contribution in [1.29, 1.82) is 0 Å². The molecule has 1 heterocycles. The Morgan fingerprint density at radius 2 is 1.64 bits per heavy atom. The van der Waals surface area contributed by atoms with Crippen LogP contribution in [0.5, 0.6) is 5.75 Å². The van der Waals surface area contributed by atoms with E-state index in [-0.39, 0.29) is 11.7 Å². The number of benzene rings is 2. The minimum absolute atomic E-state index is 0.0247. The highest BCUT2D eigenvalue weighted by molar-refractivity contribution is 6.32. The lowest BCUT2D eigenvalue weighted by Gasteiger charge is -2.09. The minimum atomic E-state index is -0.290. The van der Waals surface area contributed by atoms with Crippen molar-refractivity contribution in [3.05, 3.63) is 76.9 Å². The number of hydrogen-bond donors (Lipinski definition) is 2. The largest absolute Gasteiger partial charge is 0.495 e. The van der Waals surface area contributed by atoms with Gasteiger partial charge in [-0.05, 0) is 61.5 Å². The summed E-state index contributed by atoms with van der Waals surface area (Å²) in [7, 11) is 1.55. The molecule has 0 saturated carbocycles. The number of aromatic nitrogens is 1. The van der Waals surface area contributed by atoms with E-state index in [1.54, 1.807) is 55.6 Å². The summed E-state index contributed by atoms with van der Waals surface area (Å²) in [5.41, 5.74) is 2.36. The van der Waals surface area contributed by atoms with Crippen molar-refractivity contribution < 1.29 is 14.3 Å². The van der Waals surface area contributed by atoms with E-state index in [4.69, 9.17) is 16.3 Å². The van der Waals surface area contributed by atoms with Gasteiger partial charge in [0.05, 0.1) is 17.7 Å². The molecule has 3 rings (SSSR count). The second-order valence-corrected chi connectivity index (χ2v) is 6.40. The van der Waals surface area contributed by atoms with Gasteiger partial charge >= 0.3 is 0 Å². The van der Waals surface area contributed by atoms with Gasteiger partial charge in [0, 0.05) is 23.1 Å². The Morgan fingerprint density at radius 3 is 2.21 bits per heavy atom. The van der Waals surface area contributed by atoms with Crippen LogP contribution in [-0.2, 0) is 0 Å². The first-order chi connectivity index (χ1) is 13.5. The van der Waals surface area contributed by atoms with Crippen LogP contribution in [-0.4, -0.2) is 23.8 Å². The molecule has 0 bridgehead atoms. The number of rotatable bonds is 6. The first-order valence-electron chi connectivity index (χ1n) is 8.45. The third-order valence-electron chi connectivity index (χ3n) is 4.00. The number of Topliss-reactive ketones (excluding diaryl/α,β-unsaturated/α-hetero) is 1. The number of amides is 1. The fourth-order valence-electron chi connectivity index (χ4n) is 2.49. The van der Waals surface area contributed by atoms with Gasteiger partial charge in [-0.1, -0.05) is 11.6 Å². The summed E-state index contributed by atoms with van der Waals surface area (Å²) in [4.78, 5) is 27.9. The normalized spacial score (nSPS) is 10.2. The Kier molecular flexibility index (Phi) is 5.91. The number of ketones is 1. The zero-order valence-corrected chi connectivity index (χ0v) is 16.1. The number of methoxy groups -OCH3 is 1. The minimum Gasteiger partial charge on any atom is -0.495 e. The van der Waals surface area contributed by atoms with Crippen LogP contribution in [0.2, 0.25) is 5.02 Å². The van der Waals surface area contributed by atoms with Crippen LogP contribution in [0.15, 0.2) is 60.8 Å². The number of nitrogens with zero attached hydrogens (tertiary/aromatic N) is 1. The lowest BCUT2D eigenvalue weighted by atomic mass is 10.1. The summed E-state index contributed by atoms with van der Waals surface area (Å²) in [5, 5.41) is 6.37. The molecule has 0 unspecified atom stereocenters. The molecular formula is C21H18ClN3O3. The summed E-state index contributed by atoms with van der Waals surface area (Å²) in [5.74, 6) is 0.845. The maximum Gasteiger partial charge on any atom is 0.257 e. The highest BCUT2D eigenvalue weighted by Crippen LogP contribution is 2.28. The van der Waals surface area contributed by atoms with Crippen molar-refractivity contribution in [1.82, 2.24) is 4.98 Å². The molecule has 6 nitrogen and oxygen atoms in total. The number of ether oxygens (including phenoxy) is 1. The smallest absolute Gasteiger partial charge is 0.257 e. The average Bonchev–Trinajstić information content (AvgIpc) is 2.69. The SMILES string of the molecule is COc1ccc(Nc2ccc(C(=O)Nc3ccc(C(C)=O)cc3)cn2)cc1Cl. The number of halogens is 1. The molecule has 1 amide bonds. The van der Waals surface area contributed by atoms with E-state index < -0.39 is 0 Å². The molecule has 0 saturated heterocycles. The maximum atomic E-state index is 12.3. The first kappa shape index (κ1) is 19.4. The van der Waals surface area contributed by atoms with Gasteiger partial charge < -0.3 is 15.4 Å². The predicted octanol–water partition coefficient (Wildman–Crippen LogP) is 4.94. The van der Waals surface area contributed by atoms with Gasteiger partial charge in [-0.15, -0.1) is 0 Å². The molecule has 142 valence electrons. The summed E-state index contributed by atoms with van der Waals surface area (Å²) in [6.07, 6.45) is 1.48. The van der Waals surface area contributed by atoms with Crippen LogP contribution in [0, 0.1) is 0 Å². The predicted molar refractivity (Wildman–Crippen MR) is 110 cm³/mol. The van der Waals surface area contributed by atoms with E-state index in [1.807, 2.05) is 6.07 Å². The lowest BCUT2D eigenvalue weighted by molar-refractivity contribution is 0.101. The van der Waals surface area contributed by atoms with Gasteiger partial charge in [0.2, 0.25) is 0 Å². The van der Waals surface area contributed by atoms with Crippen LogP contribution in [0.4, 0.5) is 17.2 Å². The van der Waals surface area contributed by atoms with Gasteiger partial charge in [-0.25, -0.2) is 4.98 Å². The summed E-state index contributed by atoms with van der Waals surface area (Å²) < 4.78 is 5.12. The zero-order valence-electron chi connectivity index (χ0n) is 15.3.